The second-order valence-electron chi connectivity index (χ2n) is 3.17. The predicted molar refractivity (Wildman–Crippen MR) is 59.6 cm³/mol. The number of carbonyl (C=O) groups is 1. The van der Waals surface area contributed by atoms with E-state index in [0.717, 1.165) is 13.0 Å². The highest BCUT2D eigenvalue weighted by molar-refractivity contribution is 7.09. The molecule has 0 saturated carbocycles. The van der Waals surface area contributed by atoms with Crippen LogP contribution in [0.1, 0.15) is 4.88 Å². The highest BCUT2D eigenvalue weighted by Crippen LogP contribution is 2.09. The normalized spacial score (nSPS) is 10.1. The largest absolute Gasteiger partial charge is 0.344 e. The van der Waals surface area contributed by atoms with Gasteiger partial charge in [-0.25, -0.2) is 0 Å². The number of nitrogens with one attached hydrogen (secondary N) is 1. The van der Waals surface area contributed by atoms with Gasteiger partial charge < -0.3 is 10.2 Å². The fourth-order valence-electron chi connectivity index (χ4n) is 1.14. The first kappa shape index (κ1) is 11.2. The van der Waals surface area contributed by atoms with Crippen molar-refractivity contribution < 1.29 is 4.79 Å². The Morgan fingerprint density at radius 1 is 1.64 bits per heavy atom. The fraction of sp³-hybridized carbons (Fsp3) is 0.500. The number of amides is 1. The van der Waals surface area contributed by atoms with Crippen molar-refractivity contribution in [2.45, 2.75) is 6.42 Å². The smallest absolute Gasteiger partial charge is 0.236 e. The van der Waals surface area contributed by atoms with E-state index in [1.165, 1.54) is 4.88 Å². The van der Waals surface area contributed by atoms with Crippen molar-refractivity contribution in [1.82, 2.24) is 10.2 Å². The van der Waals surface area contributed by atoms with Crippen LogP contribution in [0.15, 0.2) is 17.5 Å². The summed E-state index contributed by atoms with van der Waals surface area (Å²) in [7, 11) is 3.62. The maximum absolute atomic E-state index is 11.4. The molecule has 0 atom stereocenters. The van der Waals surface area contributed by atoms with Gasteiger partial charge in [0.25, 0.3) is 0 Å². The minimum Gasteiger partial charge on any atom is -0.344 e. The van der Waals surface area contributed by atoms with Crippen molar-refractivity contribution in [2.75, 3.05) is 27.2 Å². The standard InChI is InChI=1S/C10H16N2OS/c1-11-8-10(13)12(2)6-5-9-4-3-7-14-9/h3-4,7,11H,5-6,8H2,1-2H3. The van der Waals surface area contributed by atoms with E-state index in [1.54, 1.807) is 23.3 Å². The third kappa shape index (κ3) is 3.47. The molecule has 0 aliphatic heterocycles. The van der Waals surface area contributed by atoms with E-state index in [1.807, 2.05) is 13.1 Å². The van der Waals surface area contributed by atoms with Crippen LogP contribution in [0.2, 0.25) is 0 Å². The summed E-state index contributed by atoms with van der Waals surface area (Å²) in [5.41, 5.74) is 0. The van der Waals surface area contributed by atoms with E-state index in [4.69, 9.17) is 0 Å². The monoisotopic (exact) mass is 212 g/mol. The van der Waals surface area contributed by atoms with Crippen LogP contribution in [0.25, 0.3) is 0 Å². The Bertz CT molecular complexity index is 272. The molecule has 1 aromatic heterocycles. The summed E-state index contributed by atoms with van der Waals surface area (Å²) in [5, 5.41) is 4.91. The average molecular weight is 212 g/mol. The second-order valence-corrected chi connectivity index (χ2v) is 4.21. The summed E-state index contributed by atoms with van der Waals surface area (Å²) in [6.07, 6.45) is 0.948. The lowest BCUT2D eigenvalue weighted by Crippen LogP contribution is -2.35. The molecule has 0 spiro atoms. The molecule has 0 unspecified atom stereocenters. The number of nitrogens with zero attached hydrogens (tertiary/aromatic N) is 1. The Kier molecular flexibility index (Phi) is 4.62. The molecule has 0 radical (unpaired) electrons. The third-order valence-electron chi connectivity index (χ3n) is 2.03. The predicted octanol–water partition coefficient (Wildman–Crippen LogP) is 0.968. The van der Waals surface area contributed by atoms with Crippen molar-refractivity contribution in [1.29, 1.82) is 0 Å². The SMILES string of the molecule is CNCC(=O)N(C)CCc1cccs1. The molecule has 0 bridgehead atoms. The quantitative estimate of drug-likeness (QED) is 0.788. The van der Waals surface area contributed by atoms with E-state index < -0.39 is 0 Å². The van der Waals surface area contributed by atoms with Gasteiger partial charge in [-0.3, -0.25) is 4.79 Å². The lowest BCUT2D eigenvalue weighted by atomic mass is 10.3. The van der Waals surface area contributed by atoms with Gasteiger partial charge in [0.05, 0.1) is 6.54 Å². The van der Waals surface area contributed by atoms with Gasteiger partial charge in [0, 0.05) is 18.5 Å². The third-order valence-corrected chi connectivity index (χ3v) is 2.96. The zero-order valence-electron chi connectivity index (χ0n) is 8.62. The molecule has 78 valence electrons. The van der Waals surface area contributed by atoms with E-state index in [0.29, 0.717) is 6.54 Å². The average Bonchev–Trinajstić information content (AvgIpc) is 2.67. The molecule has 1 aromatic rings. The Labute approximate surface area is 88.7 Å². The number of carbonyl (C=O) groups excluding carboxylic acids is 1. The van der Waals surface area contributed by atoms with Gasteiger partial charge in [-0.05, 0) is 24.9 Å². The molecule has 1 N–H and O–H groups in total. The molecule has 1 amide bonds. The highest BCUT2D eigenvalue weighted by atomic mass is 32.1. The minimum absolute atomic E-state index is 0.143. The second kappa shape index (κ2) is 5.78. The maximum atomic E-state index is 11.4. The van der Waals surface area contributed by atoms with Crippen molar-refractivity contribution in [3.8, 4) is 0 Å². The van der Waals surface area contributed by atoms with Crippen LogP contribution in [0.3, 0.4) is 0 Å². The van der Waals surface area contributed by atoms with Crippen molar-refractivity contribution in [3.63, 3.8) is 0 Å². The van der Waals surface area contributed by atoms with Gasteiger partial charge in [-0.15, -0.1) is 11.3 Å². The van der Waals surface area contributed by atoms with Crippen LogP contribution in [-0.2, 0) is 11.2 Å². The number of hydrogen-bond acceptors (Lipinski definition) is 3. The minimum atomic E-state index is 0.143. The van der Waals surface area contributed by atoms with Gasteiger partial charge >= 0.3 is 0 Å². The molecule has 0 fully saturated rings. The topological polar surface area (TPSA) is 32.3 Å². The van der Waals surface area contributed by atoms with Crippen LogP contribution in [-0.4, -0.2) is 38.0 Å². The zero-order chi connectivity index (χ0) is 10.4. The first-order valence-corrected chi connectivity index (χ1v) is 5.53. The van der Waals surface area contributed by atoms with Crippen molar-refractivity contribution >= 4 is 17.2 Å². The molecule has 0 saturated heterocycles. The molecule has 1 heterocycles. The summed E-state index contributed by atoms with van der Waals surface area (Å²) in [6, 6.07) is 4.14. The summed E-state index contributed by atoms with van der Waals surface area (Å²) >= 11 is 1.74. The Morgan fingerprint density at radius 2 is 2.43 bits per heavy atom. The summed E-state index contributed by atoms with van der Waals surface area (Å²) < 4.78 is 0. The molecule has 4 heteroatoms. The molecule has 14 heavy (non-hydrogen) atoms. The lowest BCUT2D eigenvalue weighted by Gasteiger charge is -2.16. The van der Waals surface area contributed by atoms with Crippen LogP contribution in [0.4, 0.5) is 0 Å². The summed E-state index contributed by atoms with van der Waals surface area (Å²) in [4.78, 5) is 14.5. The van der Waals surface area contributed by atoms with Crippen molar-refractivity contribution in [3.05, 3.63) is 22.4 Å². The lowest BCUT2D eigenvalue weighted by molar-refractivity contribution is -0.128. The number of rotatable bonds is 5. The van der Waals surface area contributed by atoms with Gasteiger partial charge in [0.15, 0.2) is 0 Å². The first-order chi connectivity index (χ1) is 6.74. The van der Waals surface area contributed by atoms with Gasteiger partial charge in [-0.1, -0.05) is 6.07 Å². The molecule has 0 aliphatic rings. The van der Waals surface area contributed by atoms with Gasteiger partial charge in [0.1, 0.15) is 0 Å². The molecular weight excluding hydrogens is 196 g/mol. The number of likely N-dealkylation sites (N-methyl/N-ethyl adjacent to an activating group) is 2. The molecule has 0 aromatic carbocycles. The molecule has 1 rings (SSSR count). The molecule has 3 nitrogen and oxygen atoms in total. The van der Waals surface area contributed by atoms with Crippen LogP contribution in [0, 0.1) is 0 Å². The zero-order valence-corrected chi connectivity index (χ0v) is 9.43. The van der Waals surface area contributed by atoms with Crippen LogP contribution in [0.5, 0.6) is 0 Å². The summed E-state index contributed by atoms with van der Waals surface area (Å²) in [6.45, 7) is 1.21. The summed E-state index contributed by atoms with van der Waals surface area (Å²) in [5.74, 6) is 0.143. The van der Waals surface area contributed by atoms with Gasteiger partial charge in [0.2, 0.25) is 5.91 Å². The van der Waals surface area contributed by atoms with E-state index >= 15 is 0 Å². The molecular formula is C10H16N2OS. The Balaban J connectivity index is 2.27. The molecule has 0 aliphatic carbocycles. The van der Waals surface area contributed by atoms with E-state index in [9.17, 15) is 4.79 Å². The fourth-order valence-corrected chi connectivity index (χ4v) is 1.84. The Morgan fingerprint density at radius 3 is 3.00 bits per heavy atom. The Hall–Kier alpha value is -0.870. The first-order valence-electron chi connectivity index (χ1n) is 4.65. The number of hydrogen-bond donors (Lipinski definition) is 1. The van der Waals surface area contributed by atoms with E-state index in [-0.39, 0.29) is 5.91 Å². The maximum Gasteiger partial charge on any atom is 0.236 e. The van der Waals surface area contributed by atoms with Crippen LogP contribution < -0.4 is 5.32 Å². The van der Waals surface area contributed by atoms with Crippen LogP contribution >= 0.6 is 11.3 Å². The van der Waals surface area contributed by atoms with E-state index in [2.05, 4.69) is 16.8 Å². The van der Waals surface area contributed by atoms with Gasteiger partial charge in [-0.2, -0.15) is 0 Å². The number of thiophene rings is 1. The highest BCUT2D eigenvalue weighted by Gasteiger charge is 2.06. The van der Waals surface area contributed by atoms with Crippen molar-refractivity contribution in [2.24, 2.45) is 0 Å².